The van der Waals surface area contributed by atoms with Crippen molar-refractivity contribution < 1.29 is 14.0 Å². The van der Waals surface area contributed by atoms with E-state index in [0.717, 1.165) is 4.90 Å². The van der Waals surface area contributed by atoms with Gasteiger partial charge in [-0.1, -0.05) is 35.3 Å². The molecule has 1 aliphatic heterocycles. The van der Waals surface area contributed by atoms with Gasteiger partial charge in [-0.2, -0.15) is 0 Å². The summed E-state index contributed by atoms with van der Waals surface area (Å²) in [6.07, 6.45) is 2.54. The lowest BCUT2D eigenvalue weighted by Gasteiger charge is -2.15. The molecule has 0 radical (unpaired) electrons. The van der Waals surface area contributed by atoms with Gasteiger partial charge >= 0.3 is 0 Å². The third kappa shape index (κ3) is 3.05. The molecule has 0 N–H and O–H groups in total. The van der Waals surface area contributed by atoms with Crippen LogP contribution < -0.4 is 10.3 Å². The first-order valence-electron chi connectivity index (χ1n) is 7.99. The second kappa shape index (κ2) is 6.68. The Morgan fingerprint density at radius 3 is 2.59 bits per heavy atom. The fourth-order valence-corrected chi connectivity index (χ4v) is 3.47. The Bertz CT molecular complexity index is 1200. The predicted octanol–water partition coefficient (Wildman–Crippen LogP) is 4.45. The van der Waals surface area contributed by atoms with Gasteiger partial charge in [0.05, 0.1) is 28.1 Å². The molecule has 134 valence electrons. The molecule has 0 bridgehead atoms. The highest BCUT2D eigenvalue weighted by Gasteiger charge is 2.36. The standard InChI is InChI=1S/C20H11Cl2NO4/c21-13-5-6-16(15(22)9-13)23-18(24)8-11(20(23)26)7-12-10-27-17-4-2-1-3-14(17)19(12)25/h1-7,9-10H,8H2. The lowest BCUT2D eigenvalue weighted by Crippen LogP contribution is -2.29. The molecule has 1 saturated heterocycles. The third-order valence-electron chi connectivity index (χ3n) is 4.26. The van der Waals surface area contributed by atoms with Crippen molar-refractivity contribution in [2.24, 2.45) is 0 Å². The van der Waals surface area contributed by atoms with Gasteiger partial charge in [-0.15, -0.1) is 0 Å². The average molecular weight is 400 g/mol. The normalized spacial score (nSPS) is 15.9. The zero-order valence-corrected chi connectivity index (χ0v) is 15.3. The number of nitrogens with zero attached hydrogens (tertiary/aromatic N) is 1. The van der Waals surface area contributed by atoms with Crippen LogP contribution in [-0.2, 0) is 9.59 Å². The molecule has 5 nitrogen and oxygen atoms in total. The molecule has 0 aliphatic carbocycles. The van der Waals surface area contributed by atoms with Crippen LogP contribution >= 0.6 is 23.2 Å². The number of rotatable bonds is 2. The number of imide groups is 1. The number of carbonyl (C=O) groups excluding carboxylic acids is 2. The van der Waals surface area contributed by atoms with Gasteiger partial charge in [-0.25, -0.2) is 4.90 Å². The SMILES string of the molecule is O=C1CC(=Cc2coc3ccccc3c2=O)C(=O)N1c1ccc(Cl)cc1Cl. The van der Waals surface area contributed by atoms with Crippen LogP contribution in [0.1, 0.15) is 12.0 Å². The van der Waals surface area contributed by atoms with Crippen LogP contribution in [0.25, 0.3) is 17.0 Å². The number of para-hydroxylation sites is 1. The highest BCUT2D eigenvalue weighted by Crippen LogP contribution is 2.34. The zero-order valence-electron chi connectivity index (χ0n) is 13.7. The van der Waals surface area contributed by atoms with E-state index < -0.39 is 11.8 Å². The number of carbonyl (C=O) groups is 2. The van der Waals surface area contributed by atoms with E-state index in [4.69, 9.17) is 27.6 Å². The quantitative estimate of drug-likeness (QED) is 0.471. The van der Waals surface area contributed by atoms with Crippen molar-refractivity contribution in [1.29, 1.82) is 0 Å². The van der Waals surface area contributed by atoms with Crippen molar-refractivity contribution >= 4 is 57.7 Å². The molecule has 27 heavy (non-hydrogen) atoms. The van der Waals surface area contributed by atoms with Crippen molar-refractivity contribution in [2.45, 2.75) is 6.42 Å². The molecule has 1 aliphatic rings. The minimum absolute atomic E-state index is 0.135. The van der Waals surface area contributed by atoms with Crippen molar-refractivity contribution in [3.8, 4) is 0 Å². The molecule has 2 heterocycles. The molecule has 0 unspecified atom stereocenters. The average Bonchev–Trinajstić information content (AvgIpc) is 2.92. The van der Waals surface area contributed by atoms with Crippen LogP contribution in [-0.4, -0.2) is 11.8 Å². The van der Waals surface area contributed by atoms with E-state index in [-0.39, 0.29) is 33.7 Å². The summed E-state index contributed by atoms with van der Waals surface area (Å²) in [4.78, 5) is 38.7. The van der Waals surface area contributed by atoms with Gasteiger partial charge in [0, 0.05) is 10.6 Å². The van der Waals surface area contributed by atoms with Gasteiger partial charge in [0.1, 0.15) is 11.8 Å². The Hall–Kier alpha value is -2.89. The summed E-state index contributed by atoms with van der Waals surface area (Å²) in [7, 11) is 0. The molecule has 0 saturated carbocycles. The van der Waals surface area contributed by atoms with E-state index in [9.17, 15) is 14.4 Å². The van der Waals surface area contributed by atoms with Crippen molar-refractivity contribution in [3.05, 3.63) is 80.1 Å². The topological polar surface area (TPSA) is 67.6 Å². The van der Waals surface area contributed by atoms with Crippen LogP contribution in [0.3, 0.4) is 0 Å². The molecular formula is C20H11Cl2NO4. The first kappa shape index (κ1) is 17.5. The van der Waals surface area contributed by atoms with Crippen LogP contribution in [0.5, 0.6) is 0 Å². The van der Waals surface area contributed by atoms with Crippen LogP contribution in [0.15, 0.2) is 63.5 Å². The van der Waals surface area contributed by atoms with Crippen molar-refractivity contribution in [1.82, 2.24) is 0 Å². The number of benzene rings is 2. The molecule has 3 aromatic rings. The predicted molar refractivity (Wildman–Crippen MR) is 104 cm³/mol. The molecule has 7 heteroatoms. The lowest BCUT2D eigenvalue weighted by molar-refractivity contribution is -0.120. The molecule has 2 aromatic carbocycles. The number of anilines is 1. The minimum Gasteiger partial charge on any atom is -0.463 e. The van der Waals surface area contributed by atoms with Gasteiger partial charge in [0.2, 0.25) is 5.91 Å². The Labute approximate surface area is 163 Å². The van der Waals surface area contributed by atoms with Gasteiger partial charge in [0.15, 0.2) is 5.43 Å². The van der Waals surface area contributed by atoms with E-state index in [1.165, 1.54) is 24.5 Å². The summed E-state index contributed by atoms with van der Waals surface area (Å²) in [5.41, 5.74) is 0.827. The van der Waals surface area contributed by atoms with Gasteiger partial charge in [-0.05, 0) is 36.4 Å². The summed E-state index contributed by atoms with van der Waals surface area (Å²) in [5.74, 6) is -0.961. The highest BCUT2D eigenvalue weighted by molar-refractivity contribution is 6.39. The van der Waals surface area contributed by atoms with Crippen molar-refractivity contribution in [2.75, 3.05) is 4.90 Å². The van der Waals surface area contributed by atoms with E-state index in [1.807, 2.05) is 0 Å². The molecule has 1 aromatic heterocycles. The summed E-state index contributed by atoms with van der Waals surface area (Å²) >= 11 is 12.0. The number of halogens is 2. The Balaban J connectivity index is 1.76. The Morgan fingerprint density at radius 1 is 1.04 bits per heavy atom. The van der Waals surface area contributed by atoms with E-state index >= 15 is 0 Å². The van der Waals surface area contributed by atoms with Gasteiger partial charge in [-0.3, -0.25) is 14.4 Å². The first-order chi connectivity index (χ1) is 13.0. The Morgan fingerprint density at radius 2 is 1.81 bits per heavy atom. The molecule has 1 fully saturated rings. The summed E-state index contributed by atoms with van der Waals surface area (Å²) in [6.45, 7) is 0. The maximum atomic E-state index is 12.7. The summed E-state index contributed by atoms with van der Waals surface area (Å²) < 4.78 is 5.45. The number of hydrogen-bond acceptors (Lipinski definition) is 4. The smallest absolute Gasteiger partial charge is 0.261 e. The van der Waals surface area contributed by atoms with Crippen molar-refractivity contribution in [3.63, 3.8) is 0 Å². The highest BCUT2D eigenvalue weighted by atomic mass is 35.5. The zero-order chi connectivity index (χ0) is 19.1. The van der Waals surface area contributed by atoms with Crippen LogP contribution in [0, 0.1) is 0 Å². The molecule has 0 atom stereocenters. The summed E-state index contributed by atoms with van der Waals surface area (Å²) in [5, 5.41) is 0.990. The second-order valence-corrected chi connectivity index (χ2v) is 6.84. The fraction of sp³-hybridized carbons (Fsp3) is 0.0500. The number of fused-ring (bicyclic) bond motifs is 1. The number of hydrogen-bond donors (Lipinski definition) is 0. The molecule has 0 spiro atoms. The first-order valence-corrected chi connectivity index (χ1v) is 8.75. The van der Waals surface area contributed by atoms with Gasteiger partial charge in [0.25, 0.3) is 5.91 Å². The summed E-state index contributed by atoms with van der Waals surface area (Å²) in [6, 6.07) is 11.3. The maximum absolute atomic E-state index is 12.7. The van der Waals surface area contributed by atoms with Crippen LogP contribution in [0.2, 0.25) is 10.0 Å². The molecule has 4 rings (SSSR count). The van der Waals surface area contributed by atoms with Gasteiger partial charge < -0.3 is 4.42 Å². The lowest BCUT2D eigenvalue weighted by atomic mass is 10.1. The van der Waals surface area contributed by atoms with E-state index in [0.29, 0.717) is 16.0 Å². The van der Waals surface area contributed by atoms with E-state index in [2.05, 4.69) is 0 Å². The Kier molecular flexibility index (Phi) is 4.34. The minimum atomic E-state index is -0.531. The van der Waals surface area contributed by atoms with Crippen LogP contribution in [0.4, 0.5) is 5.69 Å². The molecular weight excluding hydrogens is 389 g/mol. The monoisotopic (exact) mass is 399 g/mol. The second-order valence-electron chi connectivity index (χ2n) is 5.99. The third-order valence-corrected chi connectivity index (χ3v) is 4.79. The fourth-order valence-electron chi connectivity index (χ4n) is 2.97. The largest absolute Gasteiger partial charge is 0.463 e. The maximum Gasteiger partial charge on any atom is 0.261 e. The molecule has 2 amide bonds. The number of amides is 2. The van der Waals surface area contributed by atoms with E-state index in [1.54, 1.807) is 30.3 Å².